The van der Waals surface area contributed by atoms with Gasteiger partial charge >= 0.3 is 17.9 Å². The van der Waals surface area contributed by atoms with Gasteiger partial charge < -0.3 is 14.2 Å². The lowest BCUT2D eigenvalue weighted by atomic mass is 9.99. The van der Waals surface area contributed by atoms with Crippen LogP contribution in [0, 0.1) is 11.8 Å². The molecule has 362 valence electrons. The van der Waals surface area contributed by atoms with Gasteiger partial charge in [-0.2, -0.15) is 0 Å². The van der Waals surface area contributed by atoms with E-state index in [-0.39, 0.29) is 31.1 Å². The summed E-state index contributed by atoms with van der Waals surface area (Å²) in [6.45, 7) is 11.4. The van der Waals surface area contributed by atoms with E-state index in [1.165, 1.54) is 193 Å². The van der Waals surface area contributed by atoms with Crippen molar-refractivity contribution in [2.24, 2.45) is 11.8 Å². The third kappa shape index (κ3) is 47.7. The van der Waals surface area contributed by atoms with E-state index in [0.717, 1.165) is 69.6 Å². The van der Waals surface area contributed by atoms with Gasteiger partial charge in [0, 0.05) is 19.3 Å². The summed E-state index contributed by atoms with van der Waals surface area (Å²) in [6.07, 6.45) is 49.4. The zero-order valence-corrected chi connectivity index (χ0v) is 41.8. The van der Waals surface area contributed by atoms with Crippen LogP contribution in [-0.2, 0) is 28.6 Å². The van der Waals surface area contributed by atoms with Crippen molar-refractivity contribution in [3.63, 3.8) is 0 Å². The summed E-state index contributed by atoms with van der Waals surface area (Å²) in [5, 5.41) is 0. The minimum Gasteiger partial charge on any atom is -0.462 e. The van der Waals surface area contributed by atoms with Crippen LogP contribution in [0.15, 0.2) is 0 Å². The minimum absolute atomic E-state index is 0.0633. The molecule has 61 heavy (non-hydrogen) atoms. The molecule has 0 aliphatic heterocycles. The van der Waals surface area contributed by atoms with Crippen LogP contribution in [0.25, 0.3) is 0 Å². The van der Waals surface area contributed by atoms with Crippen molar-refractivity contribution in [3.05, 3.63) is 0 Å². The molecule has 1 unspecified atom stereocenters. The molecule has 0 bridgehead atoms. The van der Waals surface area contributed by atoms with E-state index in [2.05, 4.69) is 34.6 Å². The predicted molar refractivity (Wildman–Crippen MR) is 261 cm³/mol. The first kappa shape index (κ1) is 59.4. The molecule has 0 aromatic rings. The minimum atomic E-state index is -0.762. The Morgan fingerprint density at radius 2 is 0.623 bits per heavy atom. The van der Waals surface area contributed by atoms with Crippen molar-refractivity contribution < 1.29 is 28.6 Å². The van der Waals surface area contributed by atoms with Gasteiger partial charge in [-0.25, -0.2) is 0 Å². The third-order valence-electron chi connectivity index (χ3n) is 12.8. The maximum Gasteiger partial charge on any atom is 0.306 e. The molecule has 0 rings (SSSR count). The molecule has 6 nitrogen and oxygen atoms in total. The van der Waals surface area contributed by atoms with Crippen LogP contribution in [0.4, 0.5) is 0 Å². The first-order chi connectivity index (χ1) is 29.8. The molecule has 0 amide bonds. The normalized spacial score (nSPS) is 12.5. The second-order valence-corrected chi connectivity index (χ2v) is 19.6. The SMILES string of the molecule is CCCCCCCCCCCCCCCCCC(=O)OC[C@H](COC(=O)CCCCCCCCCCCCCC(C)C)OC(=O)CCCCCCCCCCCCC(C)CC. The molecule has 0 N–H and O–H groups in total. The average Bonchev–Trinajstić information content (AvgIpc) is 3.24. The molecule has 2 atom stereocenters. The molecule has 0 saturated heterocycles. The fraction of sp³-hybridized carbons (Fsp3) is 0.945. The number of esters is 3. The summed E-state index contributed by atoms with van der Waals surface area (Å²) in [5.41, 5.74) is 0. The Hall–Kier alpha value is -1.59. The van der Waals surface area contributed by atoms with Crippen molar-refractivity contribution in [2.45, 2.75) is 310 Å². The van der Waals surface area contributed by atoms with Gasteiger partial charge in [0.2, 0.25) is 0 Å². The number of carbonyl (C=O) groups is 3. The van der Waals surface area contributed by atoms with Crippen molar-refractivity contribution >= 4 is 17.9 Å². The van der Waals surface area contributed by atoms with Crippen molar-refractivity contribution in [1.82, 2.24) is 0 Å². The second kappa shape index (κ2) is 47.9. The van der Waals surface area contributed by atoms with Gasteiger partial charge in [-0.1, -0.05) is 266 Å². The summed E-state index contributed by atoms with van der Waals surface area (Å²) >= 11 is 0. The summed E-state index contributed by atoms with van der Waals surface area (Å²) in [7, 11) is 0. The number of hydrogen-bond acceptors (Lipinski definition) is 6. The maximum absolute atomic E-state index is 12.8. The zero-order chi connectivity index (χ0) is 44.7. The standard InChI is InChI=1S/C55H106O6/c1-6-8-9-10-11-12-13-14-15-16-19-25-30-35-40-45-53(56)59-48-52(61-55(58)47-42-37-32-27-22-21-24-29-34-39-44-51(5)7-2)49-60-54(57)46-41-36-31-26-20-17-18-23-28-33-38-43-50(3)4/h50-52H,6-49H2,1-5H3/t51?,52-/m1/s1. The van der Waals surface area contributed by atoms with E-state index in [1.807, 2.05) is 0 Å². The number of unbranched alkanes of at least 4 members (excludes halogenated alkanes) is 33. The number of ether oxygens (including phenoxy) is 3. The van der Waals surface area contributed by atoms with E-state index in [1.54, 1.807) is 0 Å². The van der Waals surface area contributed by atoms with E-state index < -0.39 is 6.10 Å². The molecule has 0 saturated carbocycles. The van der Waals surface area contributed by atoms with Crippen LogP contribution in [0.1, 0.15) is 304 Å². The lowest BCUT2D eigenvalue weighted by Gasteiger charge is -2.18. The van der Waals surface area contributed by atoms with Gasteiger partial charge in [0.15, 0.2) is 6.10 Å². The molecular formula is C55H106O6. The van der Waals surface area contributed by atoms with Crippen molar-refractivity contribution in [2.75, 3.05) is 13.2 Å². The van der Waals surface area contributed by atoms with Crippen LogP contribution in [0.3, 0.4) is 0 Å². The number of hydrogen-bond donors (Lipinski definition) is 0. The monoisotopic (exact) mass is 863 g/mol. The maximum atomic E-state index is 12.8. The van der Waals surface area contributed by atoms with E-state index in [0.29, 0.717) is 19.3 Å². The first-order valence-electron chi connectivity index (χ1n) is 27.3. The zero-order valence-electron chi connectivity index (χ0n) is 41.8. The lowest BCUT2D eigenvalue weighted by Crippen LogP contribution is -2.30. The largest absolute Gasteiger partial charge is 0.462 e. The Bertz CT molecular complexity index is 933. The van der Waals surface area contributed by atoms with Crippen molar-refractivity contribution in [3.8, 4) is 0 Å². The Labute approximate surface area is 380 Å². The molecule has 0 fully saturated rings. The molecular weight excluding hydrogens is 757 g/mol. The fourth-order valence-corrected chi connectivity index (χ4v) is 8.31. The van der Waals surface area contributed by atoms with Gasteiger partial charge in [0.1, 0.15) is 13.2 Å². The Kier molecular flexibility index (Phi) is 46.6. The van der Waals surface area contributed by atoms with Gasteiger partial charge in [-0.05, 0) is 31.1 Å². The molecule has 0 radical (unpaired) electrons. The predicted octanol–water partition coefficient (Wildman–Crippen LogP) is 17.7. The van der Waals surface area contributed by atoms with Crippen LogP contribution in [0.2, 0.25) is 0 Å². The quantitative estimate of drug-likeness (QED) is 0.0344. The van der Waals surface area contributed by atoms with Gasteiger partial charge in [-0.3, -0.25) is 14.4 Å². The van der Waals surface area contributed by atoms with Crippen LogP contribution < -0.4 is 0 Å². The Balaban J connectivity index is 4.32. The second-order valence-electron chi connectivity index (χ2n) is 19.6. The Morgan fingerprint density at radius 1 is 0.344 bits per heavy atom. The fourth-order valence-electron chi connectivity index (χ4n) is 8.31. The molecule has 0 aliphatic carbocycles. The molecule has 0 aromatic heterocycles. The number of rotatable bonds is 49. The third-order valence-corrected chi connectivity index (χ3v) is 12.8. The van der Waals surface area contributed by atoms with E-state index in [4.69, 9.17) is 14.2 Å². The Morgan fingerprint density at radius 3 is 0.934 bits per heavy atom. The highest BCUT2D eigenvalue weighted by atomic mass is 16.6. The first-order valence-corrected chi connectivity index (χ1v) is 27.3. The number of carbonyl (C=O) groups excluding carboxylic acids is 3. The van der Waals surface area contributed by atoms with Crippen LogP contribution in [-0.4, -0.2) is 37.2 Å². The van der Waals surface area contributed by atoms with Crippen LogP contribution in [0.5, 0.6) is 0 Å². The van der Waals surface area contributed by atoms with E-state index in [9.17, 15) is 14.4 Å². The smallest absolute Gasteiger partial charge is 0.306 e. The van der Waals surface area contributed by atoms with Gasteiger partial charge in [0.25, 0.3) is 0 Å². The molecule has 0 aliphatic rings. The highest BCUT2D eigenvalue weighted by Gasteiger charge is 2.19. The summed E-state index contributed by atoms with van der Waals surface area (Å²) < 4.78 is 16.9. The average molecular weight is 863 g/mol. The topological polar surface area (TPSA) is 78.9 Å². The van der Waals surface area contributed by atoms with Gasteiger partial charge in [-0.15, -0.1) is 0 Å². The van der Waals surface area contributed by atoms with Crippen LogP contribution >= 0.6 is 0 Å². The van der Waals surface area contributed by atoms with Crippen molar-refractivity contribution in [1.29, 1.82) is 0 Å². The van der Waals surface area contributed by atoms with Gasteiger partial charge in [0.05, 0.1) is 0 Å². The van der Waals surface area contributed by atoms with E-state index >= 15 is 0 Å². The lowest BCUT2D eigenvalue weighted by molar-refractivity contribution is -0.167. The summed E-state index contributed by atoms with van der Waals surface area (Å²) in [4.78, 5) is 38.0. The molecule has 0 heterocycles. The highest BCUT2D eigenvalue weighted by Crippen LogP contribution is 2.18. The summed E-state index contributed by atoms with van der Waals surface area (Å²) in [6, 6.07) is 0. The summed E-state index contributed by atoms with van der Waals surface area (Å²) in [5.74, 6) is 0.850. The molecule has 0 spiro atoms. The molecule has 6 heteroatoms. The molecule has 0 aromatic carbocycles. The highest BCUT2D eigenvalue weighted by molar-refractivity contribution is 5.71.